The summed E-state index contributed by atoms with van der Waals surface area (Å²) in [5.74, 6) is 2.30. The van der Waals surface area contributed by atoms with Crippen LogP contribution in [0.15, 0.2) is 58.7 Å². The molecule has 1 aromatic carbocycles. The van der Waals surface area contributed by atoms with E-state index < -0.39 is 0 Å². The van der Waals surface area contributed by atoms with Crippen LogP contribution < -0.4 is 5.32 Å². The molecule has 0 saturated heterocycles. The average molecular weight is 815 g/mol. The van der Waals surface area contributed by atoms with Crippen LogP contribution in [0.3, 0.4) is 0 Å². The van der Waals surface area contributed by atoms with Gasteiger partial charge in [-0.25, -0.2) is 0 Å². The van der Waals surface area contributed by atoms with Crippen molar-refractivity contribution in [3.8, 4) is 0 Å². The SMILES string of the molecule is CCOC(=O)C1CC=C(C2=CC[C@]3(C)[C@H]4CC[C@@H]5C6=C(C(C)C)C(=O)C[C@]6(NCCN(CCN(C)C)Cc6ccc(Cl)cc6)CC[C@@]5(C)[C@]4(C)CC[C@H]3C2(C)C)CC1. The van der Waals surface area contributed by atoms with Gasteiger partial charge in [0.25, 0.3) is 0 Å². The lowest BCUT2D eigenvalue weighted by molar-refractivity contribution is -0.196. The maximum absolute atomic E-state index is 14.3. The summed E-state index contributed by atoms with van der Waals surface area (Å²) in [7, 11) is 4.30. The lowest BCUT2D eigenvalue weighted by atomic mass is 9.33. The molecule has 0 spiro atoms. The Kier molecular flexibility index (Phi) is 12.5. The summed E-state index contributed by atoms with van der Waals surface area (Å²) in [5.41, 5.74) is 7.42. The fourth-order valence-corrected chi connectivity index (χ4v) is 14.6. The van der Waals surface area contributed by atoms with Crippen LogP contribution in [-0.4, -0.2) is 74.0 Å². The van der Waals surface area contributed by atoms with Crippen molar-refractivity contribution in [1.82, 2.24) is 15.1 Å². The van der Waals surface area contributed by atoms with Crippen molar-refractivity contribution in [1.29, 1.82) is 0 Å². The predicted molar refractivity (Wildman–Crippen MR) is 239 cm³/mol. The topological polar surface area (TPSA) is 61.9 Å². The Morgan fingerprint density at radius 2 is 1.66 bits per heavy atom. The largest absolute Gasteiger partial charge is 0.466 e. The second kappa shape index (κ2) is 16.6. The standard InChI is InChI=1S/C51H76ClN3O3/c1-11-58-46(57)37-16-14-36(15-17-37)39-22-24-48(6)42(47(39,4)5)23-25-50(8)43(48)21-20-40-45-44(34(2)3)41(56)32-51(45,27-26-49(40,50)7)53-28-29-55(31-30-54(9)10)33-35-12-18-38(52)19-13-35/h12-14,18-19,22,34,37,40,42-43,53H,11,15-17,20-21,23-33H2,1-10H3/t37?,40-,42+,43-,48+,49-,50-,51-/m1/s1. The molecule has 6 aliphatic rings. The molecule has 6 nitrogen and oxygen atoms in total. The smallest absolute Gasteiger partial charge is 0.309 e. The Morgan fingerprint density at radius 1 is 0.914 bits per heavy atom. The molecule has 7 heteroatoms. The fourth-order valence-electron chi connectivity index (χ4n) is 14.4. The van der Waals surface area contributed by atoms with Crippen molar-refractivity contribution < 1.29 is 14.3 Å². The zero-order valence-electron chi connectivity index (χ0n) is 37.9. The summed E-state index contributed by atoms with van der Waals surface area (Å²) in [6.45, 7) is 24.7. The quantitative estimate of drug-likeness (QED) is 0.200. The number of carbonyl (C=O) groups is 2. The van der Waals surface area contributed by atoms with Crippen molar-refractivity contribution in [2.45, 2.75) is 138 Å². The molecule has 3 fully saturated rings. The number of nitrogens with zero attached hydrogens (tertiary/aromatic N) is 2. The molecule has 0 bridgehead atoms. The first-order valence-corrected chi connectivity index (χ1v) is 23.5. The Hall–Kier alpha value is -2.25. The first kappa shape index (κ1) is 43.8. The summed E-state index contributed by atoms with van der Waals surface area (Å²) in [4.78, 5) is 31.6. The van der Waals surface area contributed by atoms with Gasteiger partial charge < -0.3 is 15.0 Å². The number of Topliss-reactive ketones (excluding diaryl/α,β-unsaturated/α-hetero) is 1. The third-order valence-corrected chi connectivity index (χ3v) is 17.7. The number of rotatable bonds is 13. The highest BCUT2D eigenvalue weighted by Crippen LogP contribution is 2.76. The first-order chi connectivity index (χ1) is 27.4. The summed E-state index contributed by atoms with van der Waals surface area (Å²) < 4.78 is 5.39. The van der Waals surface area contributed by atoms with Crippen LogP contribution in [0.25, 0.3) is 0 Å². The van der Waals surface area contributed by atoms with Gasteiger partial charge in [0, 0.05) is 49.7 Å². The molecule has 0 radical (unpaired) electrons. The molecular formula is C51H76ClN3O3. The van der Waals surface area contributed by atoms with Crippen molar-refractivity contribution in [3.63, 3.8) is 0 Å². The molecule has 0 heterocycles. The molecular weight excluding hydrogens is 738 g/mol. The summed E-state index contributed by atoms with van der Waals surface area (Å²) in [6.07, 6.45) is 16.6. The molecule has 3 saturated carbocycles. The van der Waals surface area contributed by atoms with E-state index in [9.17, 15) is 9.59 Å². The number of halogens is 1. The fraction of sp³-hybridized carbons (Fsp3) is 0.725. The van der Waals surface area contributed by atoms with Crippen LogP contribution in [-0.2, 0) is 20.9 Å². The zero-order chi connectivity index (χ0) is 41.8. The van der Waals surface area contributed by atoms with Crippen LogP contribution in [0.4, 0.5) is 0 Å². The molecule has 1 unspecified atom stereocenters. The number of benzene rings is 1. The number of esters is 1. The second-order valence-electron chi connectivity index (χ2n) is 21.4. The minimum Gasteiger partial charge on any atom is -0.466 e. The Balaban J connectivity index is 1.13. The van der Waals surface area contributed by atoms with E-state index in [-0.39, 0.29) is 45.0 Å². The number of carbonyl (C=O) groups excluding carboxylic acids is 2. The van der Waals surface area contributed by atoms with Crippen molar-refractivity contribution in [2.75, 3.05) is 46.9 Å². The van der Waals surface area contributed by atoms with Crippen molar-refractivity contribution in [3.05, 3.63) is 69.3 Å². The maximum atomic E-state index is 14.3. The third kappa shape index (κ3) is 7.55. The van der Waals surface area contributed by atoms with Crippen LogP contribution in [0, 0.1) is 51.2 Å². The molecule has 0 aromatic heterocycles. The number of likely N-dealkylation sites (N-methyl/N-ethyl adjacent to an activating group) is 1. The van der Waals surface area contributed by atoms with Gasteiger partial charge in [0.1, 0.15) is 0 Å². The van der Waals surface area contributed by atoms with Gasteiger partial charge in [0.15, 0.2) is 5.78 Å². The Morgan fingerprint density at radius 3 is 2.31 bits per heavy atom. The van der Waals surface area contributed by atoms with Crippen molar-refractivity contribution in [2.24, 2.45) is 51.2 Å². The normalized spacial score (nSPS) is 35.7. The van der Waals surface area contributed by atoms with E-state index in [0.29, 0.717) is 36.6 Å². The highest BCUT2D eigenvalue weighted by molar-refractivity contribution is 6.30. The van der Waals surface area contributed by atoms with E-state index in [1.807, 2.05) is 19.1 Å². The number of fused-ring (bicyclic) bond motifs is 7. The number of hydrogen-bond donors (Lipinski definition) is 1. The Bertz CT molecular complexity index is 1810. The minimum atomic E-state index is -0.233. The molecule has 0 amide bonds. The number of ketones is 1. The van der Waals surface area contributed by atoms with Gasteiger partial charge in [-0.1, -0.05) is 84.4 Å². The second-order valence-corrected chi connectivity index (χ2v) is 21.8. The van der Waals surface area contributed by atoms with Gasteiger partial charge in [0.2, 0.25) is 0 Å². The lowest BCUT2D eigenvalue weighted by Crippen LogP contribution is -2.66. The highest BCUT2D eigenvalue weighted by Gasteiger charge is 2.69. The summed E-state index contributed by atoms with van der Waals surface area (Å²) in [6, 6.07) is 8.29. The van der Waals surface area contributed by atoms with E-state index >= 15 is 0 Å². The van der Waals surface area contributed by atoms with Gasteiger partial charge in [-0.15, -0.1) is 0 Å². The third-order valence-electron chi connectivity index (χ3n) is 17.5. The van der Waals surface area contributed by atoms with Gasteiger partial charge in [-0.05, 0) is 171 Å². The molecule has 1 N–H and O–H groups in total. The zero-order valence-corrected chi connectivity index (χ0v) is 38.6. The van der Waals surface area contributed by atoms with Gasteiger partial charge >= 0.3 is 5.97 Å². The Labute approximate surface area is 357 Å². The monoisotopic (exact) mass is 814 g/mol. The van der Waals surface area contributed by atoms with Crippen LogP contribution in [0.1, 0.15) is 132 Å². The van der Waals surface area contributed by atoms with Gasteiger partial charge in [-0.3, -0.25) is 14.5 Å². The molecule has 58 heavy (non-hydrogen) atoms. The van der Waals surface area contributed by atoms with E-state index in [4.69, 9.17) is 16.3 Å². The van der Waals surface area contributed by atoms with E-state index in [0.717, 1.165) is 75.4 Å². The lowest BCUT2D eigenvalue weighted by Gasteiger charge is -2.71. The molecule has 1 aromatic rings. The molecule has 320 valence electrons. The van der Waals surface area contributed by atoms with Gasteiger partial charge in [0.05, 0.1) is 12.5 Å². The highest BCUT2D eigenvalue weighted by atomic mass is 35.5. The molecule has 7 rings (SSSR count). The van der Waals surface area contributed by atoms with Crippen LogP contribution in [0.5, 0.6) is 0 Å². The summed E-state index contributed by atoms with van der Waals surface area (Å²) >= 11 is 6.24. The average Bonchev–Trinajstić information content (AvgIpc) is 3.47. The molecule has 8 atom stereocenters. The van der Waals surface area contributed by atoms with Gasteiger partial charge in [-0.2, -0.15) is 0 Å². The number of nitrogens with one attached hydrogen (secondary N) is 1. The molecule has 6 aliphatic carbocycles. The minimum absolute atomic E-state index is 0.00129. The molecule has 0 aliphatic heterocycles. The first-order valence-electron chi connectivity index (χ1n) is 23.1. The van der Waals surface area contributed by atoms with E-state index in [1.165, 1.54) is 48.8 Å². The number of hydrogen-bond acceptors (Lipinski definition) is 6. The maximum Gasteiger partial charge on any atom is 0.309 e. The number of allylic oxidation sites excluding steroid dienone is 5. The summed E-state index contributed by atoms with van der Waals surface area (Å²) in [5, 5.41) is 4.96. The number of ether oxygens (including phenoxy) is 1. The van der Waals surface area contributed by atoms with E-state index in [2.05, 4.69) is 102 Å². The van der Waals surface area contributed by atoms with E-state index in [1.54, 1.807) is 5.57 Å². The van der Waals surface area contributed by atoms with Crippen LogP contribution in [0.2, 0.25) is 5.02 Å². The van der Waals surface area contributed by atoms with Crippen molar-refractivity contribution >= 4 is 23.4 Å². The van der Waals surface area contributed by atoms with Crippen LogP contribution >= 0.6 is 11.6 Å². The predicted octanol–water partition coefficient (Wildman–Crippen LogP) is 10.9.